The van der Waals surface area contributed by atoms with E-state index >= 15 is 0 Å². The van der Waals surface area contributed by atoms with Crippen molar-refractivity contribution in [3.05, 3.63) is 34.9 Å². The predicted molar refractivity (Wildman–Crippen MR) is 63.7 cm³/mol. The molecule has 0 spiro atoms. The number of hydrogen-bond acceptors (Lipinski definition) is 4. The lowest BCUT2D eigenvalue weighted by Crippen LogP contribution is -2.08. The molecule has 1 rings (SSSR count). The van der Waals surface area contributed by atoms with Gasteiger partial charge in [0.2, 0.25) is 0 Å². The molecule has 0 aliphatic rings. The van der Waals surface area contributed by atoms with Gasteiger partial charge in [-0.25, -0.2) is 4.79 Å². The van der Waals surface area contributed by atoms with Crippen molar-refractivity contribution in [2.75, 3.05) is 13.2 Å². The summed E-state index contributed by atoms with van der Waals surface area (Å²) in [5.74, 6) is -0.388. The number of benzene rings is 1. The fourth-order valence-electron chi connectivity index (χ4n) is 1.54. The highest BCUT2D eigenvalue weighted by molar-refractivity contribution is 5.89. The number of esters is 1. The normalized spacial score (nSPS) is 12.2. The molecule has 0 aliphatic heterocycles. The van der Waals surface area contributed by atoms with E-state index in [9.17, 15) is 9.90 Å². The second kappa shape index (κ2) is 6.37. The van der Waals surface area contributed by atoms with Gasteiger partial charge in [0.25, 0.3) is 0 Å². The Labute approximate surface area is 101 Å². The van der Waals surface area contributed by atoms with Crippen molar-refractivity contribution in [3.8, 4) is 0 Å². The van der Waals surface area contributed by atoms with E-state index in [1.807, 2.05) is 6.92 Å². The average molecular weight is 238 g/mol. The van der Waals surface area contributed by atoms with Crippen molar-refractivity contribution >= 4 is 5.97 Å². The van der Waals surface area contributed by atoms with E-state index < -0.39 is 6.29 Å². The first kappa shape index (κ1) is 13.7. The Balaban J connectivity index is 2.97. The minimum absolute atomic E-state index is 0.329. The van der Waals surface area contributed by atoms with Gasteiger partial charge in [0.05, 0.1) is 12.2 Å². The van der Waals surface area contributed by atoms with Gasteiger partial charge >= 0.3 is 5.97 Å². The van der Waals surface area contributed by atoms with Crippen LogP contribution >= 0.6 is 0 Å². The van der Waals surface area contributed by atoms with E-state index in [1.165, 1.54) is 0 Å². The zero-order chi connectivity index (χ0) is 12.8. The Morgan fingerprint density at radius 1 is 1.29 bits per heavy atom. The summed E-state index contributed by atoms with van der Waals surface area (Å²) in [6.45, 7) is 6.14. The van der Waals surface area contributed by atoms with E-state index in [1.54, 1.807) is 32.0 Å². The lowest BCUT2D eigenvalue weighted by atomic mass is 10.1. The van der Waals surface area contributed by atoms with E-state index in [0.717, 1.165) is 5.56 Å². The van der Waals surface area contributed by atoms with Crippen LogP contribution in [-0.4, -0.2) is 24.3 Å². The topological polar surface area (TPSA) is 55.8 Å². The molecule has 0 saturated carbocycles. The summed E-state index contributed by atoms with van der Waals surface area (Å²) in [7, 11) is 0. The monoisotopic (exact) mass is 238 g/mol. The van der Waals surface area contributed by atoms with Crippen LogP contribution in [0, 0.1) is 6.92 Å². The molecule has 1 atom stereocenters. The van der Waals surface area contributed by atoms with Crippen molar-refractivity contribution in [1.82, 2.24) is 0 Å². The molecule has 1 N–H and O–H groups in total. The molecule has 1 unspecified atom stereocenters. The molecule has 0 aliphatic carbocycles. The zero-order valence-corrected chi connectivity index (χ0v) is 10.4. The number of rotatable bonds is 5. The first-order valence-electron chi connectivity index (χ1n) is 5.66. The van der Waals surface area contributed by atoms with E-state index in [0.29, 0.717) is 24.3 Å². The molecule has 0 bridgehead atoms. The summed E-state index contributed by atoms with van der Waals surface area (Å²) in [5, 5.41) is 9.71. The highest BCUT2D eigenvalue weighted by atomic mass is 16.6. The second-order valence-electron chi connectivity index (χ2n) is 3.66. The Morgan fingerprint density at radius 3 is 2.59 bits per heavy atom. The van der Waals surface area contributed by atoms with Gasteiger partial charge in [-0.15, -0.1) is 0 Å². The van der Waals surface area contributed by atoms with Crippen LogP contribution < -0.4 is 0 Å². The third-order valence-corrected chi connectivity index (χ3v) is 2.22. The molecule has 0 radical (unpaired) electrons. The summed E-state index contributed by atoms with van der Waals surface area (Å²) in [6, 6.07) is 5.09. The van der Waals surface area contributed by atoms with Crippen LogP contribution in [0.3, 0.4) is 0 Å². The SMILES string of the molecule is CCOC(=O)c1cc(C)cc(C(O)OCC)c1. The number of carbonyl (C=O) groups is 1. The van der Waals surface area contributed by atoms with Crippen molar-refractivity contribution in [2.45, 2.75) is 27.1 Å². The van der Waals surface area contributed by atoms with Crippen molar-refractivity contribution in [2.24, 2.45) is 0 Å². The molecule has 0 fully saturated rings. The molecule has 4 nitrogen and oxygen atoms in total. The maximum Gasteiger partial charge on any atom is 0.338 e. The van der Waals surface area contributed by atoms with Gasteiger partial charge < -0.3 is 14.6 Å². The molecule has 0 saturated heterocycles. The van der Waals surface area contributed by atoms with Crippen LogP contribution in [-0.2, 0) is 9.47 Å². The number of carbonyl (C=O) groups excluding carboxylic acids is 1. The van der Waals surface area contributed by atoms with Crippen LogP contribution in [0.1, 0.15) is 41.6 Å². The Morgan fingerprint density at radius 2 is 2.00 bits per heavy atom. The maximum absolute atomic E-state index is 11.6. The average Bonchev–Trinajstić information content (AvgIpc) is 2.29. The van der Waals surface area contributed by atoms with E-state index in [-0.39, 0.29) is 5.97 Å². The van der Waals surface area contributed by atoms with E-state index in [4.69, 9.17) is 9.47 Å². The van der Waals surface area contributed by atoms with Crippen LogP contribution in [0.2, 0.25) is 0 Å². The maximum atomic E-state index is 11.6. The van der Waals surface area contributed by atoms with Gasteiger partial charge in [-0.05, 0) is 38.5 Å². The molecule has 17 heavy (non-hydrogen) atoms. The molecule has 1 aromatic rings. The Kier molecular flexibility index (Phi) is 5.12. The fourth-order valence-corrected chi connectivity index (χ4v) is 1.54. The molecular weight excluding hydrogens is 220 g/mol. The van der Waals surface area contributed by atoms with Crippen LogP contribution in [0.5, 0.6) is 0 Å². The largest absolute Gasteiger partial charge is 0.462 e. The first-order chi connectivity index (χ1) is 8.08. The van der Waals surface area contributed by atoms with Gasteiger partial charge in [-0.3, -0.25) is 0 Å². The highest BCUT2D eigenvalue weighted by Gasteiger charge is 2.13. The number of aliphatic hydroxyl groups is 1. The quantitative estimate of drug-likeness (QED) is 0.631. The lowest BCUT2D eigenvalue weighted by molar-refractivity contribution is -0.0980. The molecule has 0 heterocycles. The summed E-state index contributed by atoms with van der Waals surface area (Å²) in [6.07, 6.45) is -1.01. The van der Waals surface area contributed by atoms with Gasteiger partial charge in [0.1, 0.15) is 0 Å². The Bertz CT molecular complexity index is 387. The minimum Gasteiger partial charge on any atom is -0.462 e. The van der Waals surface area contributed by atoms with E-state index in [2.05, 4.69) is 0 Å². The summed E-state index contributed by atoms with van der Waals surface area (Å²) >= 11 is 0. The van der Waals surface area contributed by atoms with Gasteiger partial charge in [-0.2, -0.15) is 0 Å². The third-order valence-electron chi connectivity index (χ3n) is 2.22. The van der Waals surface area contributed by atoms with Gasteiger partial charge in [0, 0.05) is 12.2 Å². The first-order valence-corrected chi connectivity index (χ1v) is 5.66. The molecule has 94 valence electrons. The molecule has 0 aromatic heterocycles. The molecular formula is C13H18O4. The molecule has 4 heteroatoms. The highest BCUT2D eigenvalue weighted by Crippen LogP contribution is 2.18. The van der Waals surface area contributed by atoms with Crippen molar-refractivity contribution in [1.29, 1.82) is 0 Å². The smallest absolute Gasteiger partial charge is 0.338 e. The fraction of sp³-hybridized carbons (Fsp3) is 0.462. The third kappa shape index (κ3) is 3.84. The number of aryl methyl sites for hydroxylation is 1. The van der Waals surface area contributed by atoms with Crippen molar-refractivity contribution < 1.29 is 19.4 Å². The number of hydrogen-bond donors (Lipinski definition) is 1. The predicted octanol–water partition coefficient (Wildman–Crippen LogP) is 2.20. The minimum atomic E-state index is -1.01. The summed E-state index contributed by atoms with van der Waals surface area (Å²) < 4.78 is 10.00. The van der Waals surface area contributed by atoms with Gasteiger partial charge in [0.15, 0.2) is 6.29 Å². The second-order valence-corrected chi connectivity index (χ2v) is 3.66. The van der Waals surface area contributed by atoms with Crippen molar-refractivity contribution in [3.63, 3.8) is 0 Å². The Hall–Kier alpha value is -1.39. The van der Waals surface area contributed by atoms with Crippen LogP contribution in [0.25, 0.3) is 0 Å². The lowest BCUT2D eigenvalue weighted by Gasteiger charge is -2.13. The van der Waals surface area contributed by atoms with Gasteiger partial charge in [-0.1, -0.05) is 6.07 Å². The zero-order valence-electron chi connectivity index (χ0n) is 10.4. The van der Waals surface area contributed by atoms with Crippen LogP contribution in [0.15, 0.2) is 18.2 Å². The number of aliphatic hydroxyl groups excluding tert-OH is 1. The standard InChI is InChI=1S/C13H18O4/c1-4-16-12(14)10-6-9(3)7-11(8-10)13(15)17-5-2/h6-8,12,14H,4-5H2,1-3H3. The molecule has 0 amide bonds. The van der Waals surface area contributed by atoms with Crippen LogP contribution in [0.4, 0.5) is 0 Å². The number of ether oxygens (including phenoxy) is 2. The summed E-state index contributed by atoms with van der Waals surface area (Å²) in [4.78, 5) is 11.6. The molecule has 1 aromatic carbocycles. The summed E-state index contributed by atoms with van der Waals surface area (Å²) in [5.41, 5.74) is 1.87.